The van der Waals surface area contributed by atoms with Gasteiger partial charge in [0, 0.05) is 37.4 Å². The second kappa shape index (κ2) is 10.1. The third-order valence-corrected chi connectivity index (χ3v) is 4.20. The van der Waals surface area contributed by atoms with Crippen LogP contribution in [-0.2, 0) is 0 Å². The standard InChI is InChI=1S/C9H8F2N2O2.C9H10F2N2.CH4O/c10-6-3-8(12-5-1-2-5)9(13(14)15)4-7(6)11;10-6-3-8(12)9(4-7(6)11)13-5-1-2-5;1-2/h3-5,12H,1-2H2;3-5,13H,1-2,12H2;2H,1H3. The Kier molecular flexibility index (Phi) is 7.81. The molecule has 30 heavy (non-hydrogen) atoms. The maximum Gasteiger partial charge on any atom is 0.295 e. The lowest BCUT2D eigenvalue weighted by atomic mass is 10.2. The molecule has 0 aliphatic heterocycles. The average molecular weight is 430 g/mol. The van der Waals surface area contributed by atoms with Gasteiger partial charge in [0.15, 0.2) is 23.3 Å². The molecule has 4 rings (SSSR count). The van der Waals surface area contributed by atoms with E-state index in [1.54, 1.807) is 0 Å². The second-order valence-corrected chi connectivity index (χ2v) is 6.73. The average Bonchev–Trinajstić information content (AvgIpc) is 3.61. The Morgan fingerprint density at radius 1 is 0.867 bits per heavy atom. The summed E-state index contributed by atoms with van der Waals surface area (Å²) in [5.74, 6) is -4.05. The van der Waals surface area contributed by atoms with Crippen LogP contribution in [0.3, 0.4) is 0 Å². The number of benzene rings is 2. The van der Waals surface area contributed by atoms with E-state index in [1.165, 1.54) is 0 Å². The predicted octanol–water partition coefficient (Wildman–Crippen LogP) is 4.18. The number of hydrogen-bond donors (Lipinski definition) is 4. The van der Waals surface area contributed by atoms with Gasteiger partial charge in [0.05, 0.1) is 22.4 Å². The zero-order chi connectivity index (χ0) is 22.4. The highest BCUT2D eigenvalue weighted by molar-refractivity contribution is 5.67. The molecule has 2 aromatic rings. The topological polar surface area (TPSA) is 113 Å². The van der Waals surface area contributed by atoms with Crippen LogP contribution in [-0.4, -0.2) is 29.2 Å². The molecule has 0 aromatic heterocycles. The molecule has 0 bridgehead atoms. The number of hydrogen-bond acceptors (Lipinski definition) is 6. The predicted molar refractivity (Wildman–Crippen MR) is 105 cm³/mol. The van der Waals surface area contributed by atoms with Crippen molar-refractivity contribution in [3.05, 3.63) is 57.6 Å². The number of aliphatic hydroxyl groups is 1. The van der Waals surface area contributed by atoms with Crippen molar-refractivity contribution in [3.8, 4) is 0 Å². The first kappa shape index (κ1) is 23.2. The van der Waals surface area contributed by atoms with Gasteiger partial charge in [-0.05, 0) is 25.7 Å². The number of aliphatic hydroxyl groups excluding tert-OH is 1. The molecule has 11 heteroatoms. The van der Waals surface area contributed by atoms with E-state index < -0.39 is 33.9 Å². The number of nitrogens with zero attached hydrogens (tertiary/aromatic N) is 1. The molecule has 0 heterocycles. The fourth-order valence-corrected chi connectivity index (χ4v) is 2.39. The number of halogens is 4. The second-order valence-electron chi connectivity index (χ2n) is 6.73. The van der Waals surface area contributed by atoms with Crippen molar-refractivity contribution >= 4 is 22.7 Å². The molecular weight excluding hydrogens is 408 g/mol. The summed E-state index contributed by atoms with van der Waals surface area (Å²) < 4.78 is 51.0. The van der Waals surface area contributed by atoms with Gasteiger partial charge in [0.2, 0.25) is 0 Å². The lowest BCUT2D eigenvalue weighted by molar-refractivity contribution is -0.384. The van der Waals surface area contributed by atoms with Crippen LogP contribution in [0, 0.1) is 33.4 Å². The number of nitro groups is 1. The Hall–Kier alpha value is -3.08. The lowest BCUT2D eigenvalue weighted by Crippen LogP contribution is -2.05. The van der Waals surface area contributed by atoms with Gasteiger partial charge in [0.25, 0.3) is 5.69 Å². The van der Waals surface area contributed by atoms with Gasteiger partial charge in [-0.1, -0.05) is 0 Å². The van der Waals surface area contributed by atoms with Crippen molar-refractivity contribution in [2.45, 2.75) is 37.8 Å². The van der Waals surface area contributed by atoms with Gasteiger partial charge in [0.1, 0.15) is 5.69 Å². The summed E-state index contributed by atoms with van der Waals surface area (Å²) in [5, 5.41) is 23.4. The molecular formula is C19H22F4N4O3. The first-order chi connectivity index (χ1) is 14.2. The van der Waals surface area contributed by atoms with Gasteiger partial charge in [-0.2, -0.15) is 0 Å². The minimum atomic E-state index is -1.21. The van der Waals surface area contributed by atoms with Crippen molar-refractivity contribution in [1.82, 2.24) is 0 Å². The first-order valence-electron chi connectivity index (χ1n) is 9.10. The molecule has 5 N–H and O–H groups in total. The highest BCUT2D eigenvalue weighted by atomic mass is 19.2. The van der Waals surface area contributed by atoms with Gasteiger partial charge < -0.3 is 21.5 Å². The van der Waals surface area contributed by atoms with E-state index in [1.807, 2.05) is 0 Å². The summed E-state index contributed by atoms with van der Waals surface area (Å²) in [7, 11) is 1.00. The Morgan fingerprint density at radius 2 is 1.27 bits per heavy atom. The van der Waals surface area contributed by atoms with Crippen LogP contribution in [0.4, 0.5) is 40.3 Å². The van der Waals surface area contributed by atoms with Gasteiger partial charge in [-0.15, -0.1) is 0 Å². The number of nitrogen functional groups attached to an aromatic ring is 1. The van der Waals surface area contributed by atoms with Crippen molar-refractivity contribution < 1.29 is 27.6 Å². The molecule has 7 nitrogen and oxygen atoms in total. The highest BCUT2D eigenvalue weighted by Gasteiger charge is 2.26. The fourth-order valence-electron chi connectivity index (χ4n) is 2.39. The number of nitrogens with two attached hydrogens (primary N) is 1. The van der Waals surface area contributed by atoms with Crippen LogP contribution in [0.1, 0.15) is 25.7 Å². The number of rotatable bonds is 5. The van der Waals surface area contributed by atoms with E-state index in [0.29, 0.717) is 17.8 Å². The quantitative estimate of drug-likeness (QED) is 0.245. The largest absolute Gasteiger partial charge is 0.400 e. The van der Waals surface area contributed by atoms with Crippen molar-refractivity contribution in [2.24, 2.45) is 0 Å². The number of nitro benzene ring substituents is 1. The maximum atomic E-state index is 12.9. The van der Waals surface area contributed by atoms with Crippen LogP contribution in [0.15, 0.2) is 24.3 Å². The SMILES string of the molecule is CO.Nc1cc(F)c(F)cc1NC1CC1.O=[N+]([O-])c1cc(F)c(F)cc1NC1CC1. The van der Waals surface area contributed by atoms with E-state index >= 15 is 0 Å². The Labute approximate surface area is 170 Å². The fraction of sp³-hybridized carbons (Fsp3) is 0.368. The van der Waals surface area contributed by atoms with E-state index in [2.05, 4.69) is 10.6 Å². The molecule has 0 unspecified atom stereocenters. The van der Waals surface area contributed by atoms with Crippen LogP contribution in [0.2, 0.25) is 0 Å². The van der Waals surface area contributed by atoms with E-state index in [4.69, 9.17) is 10.8 Å². The third kappa shape index (κ3) is 6.48. The number of anilines is 3. The molecule has 2 fully saturated rings. The van der Waals surface area contributed by atoms with Gasteiger partial charge in [-0.3, -0.25) is 10.1 Å². The molecule has 2 aliphatic carbocycles. The zero-order valence-electron chi connectivity index (χ0n) is 16.1. The molecule has 0 radical (unpaired) electrons. The molecule has 2 saturated carbocycles. The van der Waals surface area contributed by atoms with Crippen LogP contribution in [0.5, 0.6) is 0 Å². The summed E-state index contributed by atoms with van der Waals surface area (Å²) in [6.07, 6.45) is 3.93. The third-order valence-electron chi connectivity index (χ3n) is 4.20. The Balaban J connectivity index is 0.000000199. The molecule has 0 amide bonds. The Morgan fingerprint density at radius 3 is 1.73 bits per heavy atom. The molecule has 164 valence electrons. The molecule has 2 aliphatic rings. The first-order valence-corrected chi connectivity index (χ1v) is 9.10. The molecule has 0 atom stereocenters. The summed E-state index contributed by atoms with van der Waals surface area (Å²) in [5.41, 5.74) is 5.85. The van der Waals surface area contributed by atoms with Crippen molar-refractivity contribution in [1.29, 1.82) is 0 Å². The van der Waals surface area contributed by atoms with Gasteiger partial charge in [-0.25, -0.2) is 17.6 Å². The normalized spacial score (nSPS) is 14.6. The highest BCUT2D eigenvalue weighted by Crippen LogP contribution is 2.32. The van der Waals surface area contributed by atoms with Crippen LogP contribution < -0.4 is 16.4 Å². The summed E-state index contributed by atoms with van der Waals surface area (Å²) in [6, 6.07) is 4.05. The smallest absolute Gasteiger partial charge is 0.295 e. The summed E-state index contributed by atoms with van der Waals surface area (Å²) >= 11 is 0. The van der Waals surface area contributed by atoms with E-state index in [9.17, 15) is 27.7 Å². The monoisotopic (exact) mass is 430 g/mol. The Bertz CT molecular complexity index is 906. The van der Waals surface area contributed by atoms with Gasteiger partial charge >= 0.3 is 0 Å². The van der Waals surface area contributed by atoms with E-state index in [-0.39, 0.29) is 17.4 Å². The van der Waals surface area contributed by atoms with Crippen LogP contribution in [0.25, 0.3) is 0 Å². The van der Waals surface area contributed by atoms with E-state index in [0.717, 1.165) is 51.0 Å². The minimum Gasteiger partial charge on any atom is -0.400 e. The number of nitrogens with one attached hydrogen (secondary N) is 2. The summed E-state index contributed by atoms with van der Waals surface area (Å²) in [4.78, 5) is 9.83. The minimum absolute atomic E-state index is 0.0430. The van der Waals surface area contributed by atoms with Crippen molar-refractivity contribution in [2.75, 3.05) is 23.5 Å². The zero-order valence-corrected chi connectivity index (χ0v) is 16.1. The lowest BCUT2D eigenvalue weighted by Gasteiger charge is -2.08. The molecule has 0 spiro atoms. The van der Waals surface area contributed by atoms with Crippen molar-refractivity contribution in [3.63, 3.8) is 0 Å². The molecule has 2 aromatic carbocycles. The summed E-state index contributed by atoms with van der Waals surface area (Å²) in [6.45, 7) is 0. The molecule has 0 saturated heterocycles. The van der Waals surface area contributed by atoms with Crippen LogP contribution >= 0.6 is 0 Å². The maximum absolute atomic E-state index is 12.9.